The Bertz CT molecular complexity index is 619. The van der Waals surface area contributed by atoms with Crippen molar-refractivity contribution in [2.24, 2.45) is 5.73 Å². The predicted molar refractivity (Wildman–Crippen MR) is 85.5 cm³/mol. The van der Waals surface area contributed by atoms with Crippen LogP contribution >= 0.6 is 11.6 Å². The van der Waals surface area contributed by atoms with E-state index in [1.165, 1.54) is 11.1 Å². The van der Waals surface area contributed by atoms with Crippen molar-refractivity contribution in [1.82, 2.24) is 9.88 Å². The minimum atomic E-state index is -0.541. The molecule has 3 heterocycles. The fourth-order valence-corrected chi connectivity index (χ4v) is 3.31. The molecule has 2 fully saturated rings. The van der Waals surface area contributed by atoms with E-state index in [0.29, 0.717) is 42.6 Å². The minimum Gasteiger partial charge on any atom is -0.378 e. The molecule has 23 heavy (non-hydrogen) atoms. The van der Waals surface area contributed by atoms with E-state index in [-0.39, 0.29) is 5.91 Å². The largest absolute Gasteiger partial charge is 0.378 e. The molecule has 1 aromatic heterocycles. The molecule has 0 aromatic carbocycles. The lowest BCUT2D eigenvalue weighted by Gasteiger charge is -2.28. The number of pyridine rings is 1. The fraction of sp³-hybridized carbons (Fsp3) is 0.533. The first-order chi connectivity index (χ1) is 11.1. The maximum atomic E-state index is 12.6. The Kier molecular flexibility index (Phi) is 4.68. The van der Waals surface area contributed by atoms with Crippen LogP contribution in [0.25, 0.3) is 0 Å². The fourth-order valence-electron chi connectivity index (χ4n) is 3.03. The zero-order valence-corrected chi connectivity index (χ0v) is 13.5. The number of morpholine rings is 1. The van der Waals surface area contributed by atoms with Crippen molar-refractivity contribution in [3.63, 3.8) is 0 Å². The van der Waals surface area contributed by atoms with Crippen molar-refractivity contribution >= 4 is 29.2 Å². The standard InChI is InChI=1S/C15H19ClN4O3/c16-11-8-10(9-18-14(11)19-4-6-23-7-5-19)15(22)20-3-1-2-12(20)13(17)21/h8-9,12H,1-7H2,(H2,17,21). The van der Waals surface area contributed by atoms with Gasteiger partial charge in [-0.1, -0.05) is 11.6 Å². The van der Waals surface area contributed by atoms with Crippen LogP contribution in [0.1, 0.15) is 23.2 Å². The number of carbonyl (C=O) groups is 2. The van der Waals surface area contributed by atoms with Crippen LogP contribution < -0.4 is 10.6 Å². The Morgan fingerprint density at radius 1 is 1.30 bits per heavy atom. The van der Waals surface area contributed by atoms with E-state index in [0.717, 1.165) is 19.5 Å². The van der Waals surface area contributed by atoms with Gasteiger partial charge in [0.1, 0.15) is 11.9 Å². The molecule has 2 amide bonds. The van der Waals surface area contributed by atoms with E-state index < -0.39 is 11.9 Å². The number of aromatic nitrogens is 1. The summed E-state index contributed by atoms with van der Waals surface area (Å²) in [6.45, 7) is 3.22. The second-order valence-electron chi connectivity index (χ2n) is 5.69. The molecule has 8 heteroatoms. The van der Waals surface area contributed by atoms with Gasteiger partial charge in [-0.2, -0.15) is 0 Å². The Morgan fingerprint density at radius 3 is 2.70 bits per heavy atom. The molecule has 2 aliphatic heterocycles. The molecule has 1 aromatic rings. The number of halogens is 1. The third kappa shape index (κ3) is 3.25. The van der Waals surface area contributed by atoms with Crippen LogP contribution in [0.5, 0.6) is 0 Å². The summed E-state index contributed by atoms with van der Waals surface area (Å²) in [7, 11) is 0. The monoisotopic (exact) mass is 338 g/mol. The van der Waals surface area contributed by atoms with E-state index in [1.54, 1.807) is 6.07 Å². The smallest absolute Gasteiger partial charge is 0.256 e. The van der Waals surface area contributed by atoms with E-state index >= 15 is 0 Å². The molecular weight excluding hydrogens is 320 g/mol. The van der Waals surface area contributed by atoms with E-state index in [1.807, 2.05) is 4.90 Å². The molecule has 0 bridgehead atoms. The number of amides is 2. The highest BCUT2D eigenvalue weighted by Crippen LogP contribution is 2.27. The molecule has 1 atom stereocenters. The molecule has 7 nitrogen and oxygen atoms in total. The molecule has 0 aliphatic carbocycles. The third-order valence-electron chi connectivity index (χ3n) is 4.22. The molecular formula is C15H19ClN4O3. The minimum absolute atomic E-state index is 0.255. The molecule has 124 valence electrons. The SMILES string of the molecule is NC(=O)C1CCCN1C(=O)c1cnc(N2CCOCC2)c(Cl)c1. The van der Waals surface area contributed by atoms with E-state index in [4.69, 9.17) is 22.1 Å². The van der Waals surface area contributed by atoms with Crippen molar-refractivity contribution < 1.29 is 14.3 Å². The Balaban J connectivity index is 1.79. The molecule has 2 saturated heterocycles. The van der Waals surface area contributed by atoms with E-state index in [9.17, 15) is 9.59 Å². The molecule has 2 aliphatic rings. The van der Waals surface area contributed by atoms with Crippen molar-refractivity contribution in [2.75, 3.05) is 37.7 Å². The summed E-state index contributed by atoms with van der Waals surface area (Å²) in [4.78, 5) is 31.9. The Labute approximate surface area is 139 Å². The number of carbonyl (C=O) groups excluding carboxylic acids is 2. The Hall–Kier alpha value is -1.86. The summed E-state index contributed by atoms with van der Waals surface area (Å²) in [6.07, 6.45) is 2.88. The topological polar surface area (TPSA) is 88.8 Å². The average molecular weight is 339 g/mol. The number of nitrogens with zero attached hydrogens (tertiary/aromatic N) is 3. The van der Waals surface area contributed by atoms with Crippen LogP contribution in [0.4, 0.5) is 5.82 Å². The summed E-state index contributed by atoms with van der Waals surface area (Å²) in [6, 6.07) is 1.07. The van der Waals surface area contributed by atoms with Gasteiger partial charge in [0, 0.05) is 25.8 Å². The molecule has 0 spiro atoms. The summed E-state index contributed by atoms with van der Waals surface area (Å²) < 4.78 is 5.31. The van der Waals surface area contributed by atoms with Crippen molar-refractivity contribution in [2.45, 2.75) is 18.9 Å². The predicted octanol–water partition coefficient (Wildman–Crippen LogP) is 0.661. The molecule has 0 radical (unpaired) electrons. The van der Waals surface area contributed by atoms with Gasteiger partial charge in [-0.05, 0) is 18.9 Å². The number of hydrogen-bond acceptors (Lipinski definition) is 5. The summed E-state index contributed by atoms with van der Waals surface area (Å²) in [5.41, 5.74) is 5.74. The number of likely N-dealkylation sites (tertiary alicyclic amines) is 1. The van der Waals surface area contributed by atoms with Gasteiger partial charge in [-0.15, -0.1) is 0 Å². The quantitative estimate of drug-likeness (QED) is 0.874. The van der Waals surface area contributed by atoms with Crippen LogP contribution in [-0.2, 0) is 9.53 Å². The van der Waals surface area contributed by atoms with Crippen molar-refractivity contribution in [3.8, 4) is 0 Å². The first-order valence-corrected chi connectivity index (χ1v) is 8.04. The lowest BCUT2D eigenvalue weighted by atomic mass is 10.2. The first-order valence-electron chi connectivity index (χ1n) is 7.66. The third-order valence-corrected chi connectivity index (χ3v) is 4.50. The van der Waals surface area contributed by atoms with Gasteiger partial charge < -0.3 is 20.3 Å². The highest BCUT2D eigenvalue weighted by atomic mass is 35.5. The average Bonchev–Trinajstić information content (AvgIpc) is 3.04. The molecule has 2 N–H and O–H groups in total. The zero-order chi connectivity index (χ0) is 16.4. The first kappa shape index (κ1) is 16.0. The molecule has 0 saturated carbocycles. The van der Waals surface area contributed by atoms with Crippen LogP contribution in [0.15, 0.2) is 12.3 Å². The van der Waals surface area contributed by atoms with Crippen LogP contribution in [0.2, 0.25) is 5.02 Å². The zero-order valence-electron chi connectivity index (χ0n) is 12.7. The second-order valence-corrected chi connectivity index (χ2v) is 6.09. The summed E-state index contributed by atoms with van der Waals surface area (Å²) in [5, 5.41) is 0.424. The van der Waals surface area contributed by atoms with Crippen molar-refractivity contribution in [1.29, 1.82) is 0 Å². The van der Waals surface area contributed by atoms with Crippen LogP contribution in [0, 0.1) is 0 Å². The summed E-state index contributed by atoms with van der Waals surface area (Å²) in [5.74, 6) is -0.0755. The Morgan fingerprint density at radius 2 is 2.04 bits per heavy atom. The number of anilines is 1. The van der Waals surface area contributed by atoms with Gasteiger partial charge in [-0.25, -0.2) is 4.98 Å². The number of primary amides is 1. The number of ether oxygens (including phenoxy) is 1. The van der Waals surface area contributed by atoms with E-state index in [2.05, 4.69) is 4.98 Å². The molecule has 3 rings (SSSR count). The van der Waals surface area contributed by atoms with Gasteiger partial charge >= 0.3 is 0 Å². The maximum Gasteiger partial charge on any atom is 0.256 e. The summed E-state index contributed by atoms with van der Waals surface area (Å²) >= 11 is 6.31. The lowest BCUT2D eigenvalue weighted by Crippen LogP contribution is -2.43. The second kappa shape index (κ2) is 6.72. The normalized spacial score (nSPS) is 21.5. The highest BCUT2D eigenvalue weighted by Gasteiger charge is 2.33. The van der Waals surface area contributed by atoms with Gasteiger partial charge in [0.25, 0.3) is 5.91 Å². The van der Waals surface area contributed by atoms with Gasteiger partial charge in [0.15, 0.2) is 0 Å². The molecule has 1 unspecified atom stereocenters. The lowest BCUT2D eigenvalue weighted by molar-refractivity contribution is -0.121. The van der Waals surface area contributed by atoms with Crippen molar-refractivity contribution in [3.05, 3.63) is 22.8 Å². The van der Waals surface area contributed by atoms with Crippen LogP contribution in [-0.4, -0.2) is 60.6 Å². The van der Waals surface area contributed by atoms with Gasteiger partial charge in [-0.3, -0.25) is 9.59 Å². The van der Waals surface area contributed by atoms with Gasteiger partial charge in [0.2, 0.25) is 5.91 Å². The number of rotatable bonds is 3. The maximum absolute atomic E-state index is 12.6. The van der Waals surface area contributed by atoms with Gasteiger partial charge in [0.05, 0.1) is 23.8 Å². The number of hydrogen-bond donors (Lipinski definition) is 1. The highest BCUT2D eigenvalue weighted by molar-refractivity contribution is 6.33. The van der Waals surface area contributed by atoms with Crippen LogP contribution in [0.3, 0.4) is 0 Å². The number of nitrogens with two attached hydrogens (primary N) is 1.